The molecule has 0 unspecified atom stereocenters. The van der Waals surface area contributed by atoms with Crippen LogP contribution in [0.5, 0.6) is 0 Å². The molecule has 0 aromatic rings. The predicted octanol–water partition coefficient (Wildman–Crippen LogP) is 2.37. The summed E-state index contributed by atoms with van der Waals surface area (Å²) in [5, 5.41) is 14.4. The van der Waals surface area contributed by atoms with Gasteiger partial charge in [-0.15, -0.1) is 0 Å². The summed E-state index contributed by atoms with van der Waals surface area (Å²) in [5.41, 5.74) is 0. The molecule has 110 valence electrons. The summed E-state index contributed by atoms with van der Waals surface area (Å²) in [6, 6.07) is -1.16. The van der Waals surface area contributed by atoms with Gasteiger partial charge in [0.05, 0.1) is 0 Å². The standard InChI is InChI=1S/C14H26N2O3/c1-10(2)8-12(13(17)18)16-14(19)15-9-11-6-4-3-5-7-11/h10-12H,3-9H2,1-2H3,(H,17,18)(H2,15,16,19)/t12-/m0/s1. The first-order valence-corrected chi connectivity index (χ1v) is 7.26. The van der Waals surface area contributed by atoms with E-state index in [0.29, 0.717) is 18.9 Å². The van der Waals surface area contributed by atoms with Crippen molar-refractivity contribution in [2.75, 3.05) is 6.54 Å². The van der Waals surface area contributed by atoms with Gasteiger partial charge in [0, 0.05) is 6.54 Å². The van der Waals surface area contributed by atoms with E-state index >= 15 is 0 Å². The monoisotopic (exact) mass is 270 g/mol. The van der Waals surface area contributed by atoms with Gasteiger partial charge in [-0.2, -0.15) is 0 Å². The highest BCUT2D eigenvalue weighted by molar-refractivity contribution is 5.82. The molecule has 3 N–H and O–H groups in total. The molecule has 0 heterocycles. The van der Waals surface area contributed by atoms with Crippen LogP contribution in [0.2, 0.25) is 0 Å². The van der Waals surface area contributed by atoms with E-state index in [1.54, 1.807) is 0 Å². The van der Waals surface area contributed by atoms with E-state index in [-0.39, 0.29) is 11.9 Å². The molecule has 0 spiro atoms. The van der Waals surface area contributed by atoms with Crippen molar-refractivity contribution in [2.45, 2.75) is 58.4 Å². The van der Waals surface area contributed by atoms with Crippen molar-refractivity contribution in [3.8, 4) is 0 Å². The van der Waals surface area contributed by atoms with Crippen LogP contribution in [0.4, 0.5) is 4.79 Å². The molecule has 1 aliphatic carbocycles. The molecule has 0 aromatic carbocycles. The molecule has 1 rings (SSSR count). The van der Waals surface area contributed by atoms with Gasteiger partial charge in [0.15, 0.2) is 0 Å². The minimum Gasteiger partial charge on any atom is -0.480 e. The Bertz CT molecular complexity index is 299. The van der Waals surface area contributed by atoms with Crippen molar-refractivity contribution in [3.63, 3.8) is 0 Å². The van der Waals surface area contributed by atoms with E-state index in [1.165, 1.54) is 19.3 Å². The molecule has 5 heteroatoms. The van der Waals surface area contributed by atoms with Gasteiger partial charge in [-0.05, 0) is 31.1 Å². The van der Waals surface area contributed by atoms with Crippen molar-refractivity contribution in [2.24, 2.45) is 11.8 Å². The Labute approximate surface area is 115 Å². The maximum atomic E-state index is 11.7. The Kier molecular flexibility index (Phi) is 6.67. The molecule has 0 aliphatic heterocycles. The second-order valence-electron chi connectivity index (χ2n) is 5.88. The second-order valence-corrected chi connectivity index (χ2v) is 5.88. The summed E-state index contributed by atoms with van der Waals surface area (Å²) in [4.78, 5) is 22.7. The SMILES string of the molecule is CC(C)C[C@H](NC(=O)NCC1CCCCC1)C(=O)O. The number of carboxylic acid groups (broad SMARTS) is 1. The summed E-state index contributed by atoms with van der Waals surface area (Å²) in [5.74, 6) is -0.186. The molecule has 1 atom stereocenters. The van der Waals surface area contributed by atoms with Gasteiger partial charge in [-0.1, -0.05) is 33.1 Å². The molecule has 0 bridgehead atoms. The Morgan fingerprint density at radius 1 is 1.21 bits per heavy atom. The highest BCUT2D eigenvalue weighted by Crippen LogP contribution is 2.22. The fourth-order valence-electron chi connectivity index (χ4n) is 2.53. The number of carboxylic acids is 1. The summed E-state index contributed by atoms with van der Waals surface area (Å²) in [6.45, 7) is 4.54. The number of carbonyl (C=O) groups excluding carboxylic acids is 1. The zero-order valence-electron chi connectivity index (χ0n) is 11.9. The van der Waals surface area contributed by atoms with Gasteiger partial charge in [0.25, 0.3) is 0 Å². The summed E-state index contributed by atoms with van der Waals surface area (Å²) < 4.78 is 0. The summed E-state index contributed by atoms with van der Waals surface area (Å²) >= 11 is 0. The molecular weight excluding hydrogens is 244 g/mol. The lowest BCUT2D eigenvalue weighted by atomic mass is 9.89. The minimum absolute atomic E-state index is 0.236. The lowest BCUT2D eigenvalue weighted by molar-refractivity contribution is -0.139. The van der Waals surface area contributed by atoms with Crippen molar-refractivity contribution < 1.29 is 14.7 Å². The van der Waals surface area contributed by atoms with Crippen molar-refractivity contribution in [3.05, 3.63) is 0 Å². The number of rotatable bonds is 6. The fourth-order valence-corrected chi connectivity index (χ4v) is 2.53. The van der Waals surface area contributed by atoms with Crippen LogP contribution in [-0.2, 0) is 4.79 Å². The molecule has 5 nitrogen and oxygen atoms in total. The Morgan fingerprint density at radius 3 is 2.37 bits per heavy atom. The third-order valence-electron chi connectivity index (χ3n) is 3.59. The Balaban J connectivity index is 2.29. The van der Waals surface area contributed by atoms with Gasteiger partial charge >= 0.3 is 12.0 Å². The molecular formula is C14H26N2O3. The third kappa shape index (κ3) is 6.45. The Morgan fingerprint density at radius 2 is 1.84 bits per heavy atom. The normalized spacial score (nSPS) is 18.1. The van der Waals surface area contributed by atoms with Gasteiger partial charge < -0.3 is 15.7 Å². The second kappa shape index (κ2) is 8.02. The lowest BCUT2D eigenvalue weighted by Gasteiger charge is -2.22. The van der Waals surface area contributed by atoms with Gasteiger partial charge in [-0.25, -0.2) is 9.59 Å². The first kappa shape index (κ1) is 15.8. The molecule has 1 aliphatic rings. The smallest absolute Gasteiger partial charge is 0.326 e. The molecule has 2 amide bonds. The molecule has 1 saturated carbocycles. The number of amides is 2. The average Bonchev–Trinajstić information content (AvgIpc) is 2.36. The van der Waals surface area contributed by atoms with Crippen molar-refractivity contribution in [1.82, 2.24) is 10.6 Å². The average molecular weight is 270 g/mol. The van der Waals surface area contributed by atoms with Gasteiger partial charge in [-0.3, -0.25) is 0 Å². The van der Waals surface area contributed by atoms with Crippen LogP contribution in [0.1, 0.15) is 52.4 Å². The van der Waals surface area contributed by atoms with Crippen LogP contribution in [0, 0.1) is 11.8 Å². The Hall–Kier alpha value is -1.26. The van der Waals surface area contributed by atoms with Crippen LogP contribution < -0.4 is 10.6 Å². The zero-order valence-corrected chi connectivity index (χ0v) is 11.9. The third-order valence-corrected chi connectivity index (χ3v) is 3.59. The van der Waals surface area contributed by atoms with E-state index in [9.17, 15) is 9.59 Å². The fraction of sp³-hybridized carbons (Fsp3) is 0.857. The highest BCUT2D eigenvalue weighted by atomic mass is 16.4. The van der Waals surface area contributed by atoms with Gasteiger partial charge in [0.1, 0.15) is 6.04 Å². The zero-order chi connectivity index (χ0) is 14.3. The molecule has 0 aromatic heterocycles. The summed E-state index contributed by atoms with van der Waals surface area (Å²) in [6.07, 6.45) is 6.53. The molecule has 19 heavy (non-hydrogen) atoms. The maximum absolute atomic E-state index is 11.7. The van der Waals surface area contributed by atoms with Gasteiger partial charge in [0.2, 0.25) is 0 Å². The number of urea groups is 1. The maximum Gasteiger partial charge on any atom is 0.326 e. The van der Waals surface area contributed by atoms with Crippen LogP contribution in [0.15, 0.2) is 0 Å². The minimum atomic E-state index is -0.971. The van der Waals surface area contributed by atoms with Crippen LogP contribution in [-0.4, -0.2) is 29.7 Å². The quantitative estimate of drug-likeness (QED) is 0.693. The number of carbonyl (C=O) groups is 2. The number of hydrogen-bond acceptors (Lipinski definition) is 2. The van der Waals surface area contributed by atoms with Crippen LogP contribution in [0.25, 0.3) is 0 Å². The van der Waals surface area contributed by atoms with E-state index in [1.807, 2.05) is 13.8 Å². The summed E-state index contributed by atoms with van der Waals surface area (Å²) in [7, 11) is 0. The number of nitrogens with one attached hydrogen (secondary N) is 2. The number of hydrogen-bond donors (Lipinski definition) is 3. The van der Waals surface area contributed by atoms with Crippen LogP contribution in [0.3, 0.4) is 0 Å². The molecule has 0 saturated heterocycles. The van der Waals surface area contributed by atoms with E-state index in [0.717, 1.165) is 12.8 Å². The molecule has 1 fully saturated rings. The predicted molar refractivity (Wildman–Crippen MR) is 74.0 cm³/mol. The molecule has 0 radical (unpaired) electrons. The number of aliphatic carboxylic acids is 1. The lowest BCUT2D eigenvalue weighted by Crippen LogP contribution is -2.47. The topological polar surface area (TPSA) is 78.4 Å². The van der Waals surface area contributed by atoms with E-state index in [4.69, 9.17) is 5.11 Å². The van der Waals surface area contributed by atoms with E-state index in [2.05, 4.69) is 10.6 Å². The largest absolute Gasteiger partial charge is 0.480 e. The van der Waals surface area contributed by atoms with Crippen molar-refractivity contribution >= 4 is 12.0 Å². The first-order valence-electron chi connectivity index (χ1n) is 7.26. The first-order chi connectivity index (χ1) is 8.99. The van der Waals surface area contributed by atoms with Crippen molar-refractivity contribution in [1.29, 1.82) is 0 Å². The highest BCUT2D eigenvalue weighted by Gasteiger charge is 2.21. The van der Waals surface area contributed by atoms with E-state index < -0.39 is 12.0 Å². The van der Waals surface area contributed by atoms with Crippen LogP contribution >= 0.6 is 0 Å².